The molecule has 0 spiro atoms. The molecule has 2 fully saturated rings. The summed E-state index contributed by atoms with van der Waals surface area (Å²) in [5, 5.41) is 0. The highest BCUT2D eigenvalue weighted by Gasteiger charge is 2.35. The van der Waals surface area contributed by atoms with E-state index in [4.69, 9.17) is 22.9 Å². The monoisotopic (exact) mass is 290 g/mol. The molecule has 0 bridgehead atoms. The number of nitrogens with zero attached hydrogens (tertiary/aromatic N) is 3. The normalized spacial score (nSPS) is 26.6. The van der Waals surface area contributed by atoms with E-state index in [0.29, 0.717) is 17.1 Å². The number of hydrogen-bond acceptors (Lipinski definition) is 4. The molecular formula is C15H22N4S. The van der Waals surface area contributed by atoms with Crippen molar-refractivity contribution >= 4 is 23.0 Å². The van der Waals surface area contributed by atoms with Gasteiger partial charge in [0, 0.05) is 30.9 Å². The van der Waals surface area contributed by atoms with Crippen molar-refractivity contribution in [1.29, 1.82) is 0 Å². The average molecular weight is 290 g/mol. The lowest BCUT2D eigenvalue weighted by Gasteiger charge is -2.43. The number of hydrogen-bond donors (Lipinski definition) is 1. The van der Waals surface area contributed by atoms with Crippen LogP contribution in [0.2, 0.25) is 0 Å². The number of nitrogens with two attached hydrogens (primary N) is 1. The summed E-state index contributed by atoms with van der Waals surface area (Å²) in [4.78, 5) is 10.2. The first-order chi connectivity index (χ1) is 9.56. The van der Waals surface area contributed by atoms with Crippen LogP contribution in [0.5, 0.6) is 0 Å². The quantitative estimate of drug-likeness (QED) is 0.840. The Bertz CT molecular complexity index is 531. The third-order valence-corrected chi connectivity index (χ3v) is 4.71. The van der Waals surface area contributed by atoms with Crippen molar-refractivity contribution in [3.8, 4) is 0 Å². The van der Waals surface area contributed by atoms with Gasteiger partial charge in [-0.25, -0.2) is 4.98 Å². The van der Waals surface area contributed by atoms with Crippen LogP contribution >= 0.6 is 12.2 Å². The lowest BCUT2D eigenvalue weighted by atomic mass is 10.1. The minimum Gasteiger partial charge on any atom is -0.389 e. The standard InChI is InChI=1S/C15H22N4S/c1-10-5-6-13(14(16)20)15(17-10)19-9-12-4-3-7-18(12)8-11(19)2/h5-6,11-12H,3-4,7-9H2,1-2H3,(H2,16,20). The van der Waals surface area contributed by atoms with Crippen molar-refractivity contribution in [2.75, 3.05) is 24.5 Å². The zero-order valence-corrected chi connectivity index (χ0v) is 13.0. The Kier molecular flexibility index (Phi) is 3.65. The molecule has 3 rings (SSSR count). The number of aromatic nitrogens is 1. The lowest BCUT2D eigenvalue weighted by molar-refractivity contribution is 0.202. The fourth-order valence-corrected chi connectivity index (χ4v) is 3.60. The molecule has 5 heteroatoms. The third-order valence-electron chi connectivity index (χ3n) is 4.49. The van der Waals surface area contributed by atoms with E-state index in [0.717, 1.165) is 30.2 Å². The second-order valence-corrected chi connectivity index (χ2v) is 6.42. The molecule has 2 saturated heterocycles. The maximum Gasteiger partial charge on any atom is 0.139 e. The molecular weight excluding hydrogens is 268 g/mol. The SMILES string of the molecule is Cc1ccc(C(N)=S)c(N2CC3CCCN3CC2C)n1. The van der Waals surface area contributed by atoms with Crippen LogP contribution in [0.15, 0.2) is 12.1 Å². The molecule has 4 nitrogen and oxygen atoms in total. The largest absolute Gasteiger partial charge is 0.389 e. The summed E-state index contributed by atoms with van der Waals surface area (Å²) in [6.45, 7) is 7.67. The molecule has 1 aromatic heterocycles. The van der Waals surface area contributed by atoms with Crippen LogP contribution in [0, 0.1) is 6.92 Å². The molecule has 2 unspecified atom stereocenters. The molecule has 0 saturated carbocycles. The summed E-state index contributed by atoms with van der Waals surface area (Å²) in [5.74, 6) is 0.969. The molecule has 3 heterocycles. The average Bonchev–Trinajstić information content (AvgIpc) is 2.84. The Morgan fingerprint density at radius 2 is 2.20 bits per heavy atom. The molecule has 0 aromatic carbocycles. The summed E-state index contributed by atoms with van der Waals surface area (Å²) < 4.78 is 0. The van der Waals surface area contributed by atoms with E-state index >= 15 is 0 Å². The molecule has 20 heavy (non-hydrogen) atoms. The highest BCUT2D eigenvalue weighted by molar-refractivity contribution is 7.80. The summed E-state index contributed by atoms with van der Waals surface area (Å²) in [5.41, 5.74) is 7.80. The van der Waals surface area contributed by atoms with E-state index in [1.165, 1.54) is 19.4 Å². The Balaban J connectivity index is 1.95. The van der Waals surface area contributed by atoms with Crippen molar-refractivity contribution in [2.24, 2.45) is 5.73 Å². The second-order valence-electron chi connectivity index (χ2n) is 5.98. The van der Waals surface area contributed by atoms with Crippen LogP contribution in [0.3, 0.4) is 0 Å². The molecule has 2 atom stereocenters. The summed E-state index contributed by atoms with van der Waals surface area (Å²) in [6, 6.07) is 5.10. The zero-order chi connectivity index (χ0) is 14.3. The molecule has 2 aliphatic heterocycles. The fraction of sp³-hybridized carbons (Fsp3) is 0.600. The molecule has 0 radical (unpaired) electrons. The van der Waals surface area contributed by atoms with Gasteiger partial charge in [-0.05, 0) is 45.4 Å². The van der Waals surface area contributed by atoms with Gasteiger partial charge in [0.05, 0.1) is 5.56 Å². The highest BCUT2D eigenvalue weighted by Crippen LogP contribution is 2.29. The fourth-order valence-electron chi connectivity index (χ4n) is 3.44. The van der Waals surface area contributed by atoms with Gasteiger partial charge in [-0.2, -0.15) is 0 Å². The summed E-state index contributed by atoms with van der Waals surface area (Å²) in [7, 11) is 0. The van der Waals surface area contributed by atoms with E-state index < -0.39 is 0 Å². The number of aryl methyl sites for hydroxylation is 1. The number of rotatable bonds is 2. The van der Waals surface area contributed by atoms with Gasteiger partial charge in [0.1, 0.15) is 10.8 Å². The first-order valence-corrected chi connectivity index (χ1v) is 7.75. The smallest absolute Gasteiger partial charge is 0.139 e. The summed E-state index contributed by atoms with van der Waals surface area (Å²) in [6.07, 6.45) is 2.60. The van der Waals surface area contributed by atoms with E-state index in [-0.39, 0.29) is 0 Å². The Morgan fingerprint density at radius 1 is 1.40 bits per heavy atom. The Morgan fingerprint density at radius 3 is 2.95 bits per heavy atom. The van der Waals surface area contributed by atoms with Gasteiger partial charge >= 0.3 is 0 Å². The van der Waals surface area contributed by atoms with Gasteiger partial charge in [0.2, 0.25) is 0 Å². The van der Waals surface area contributed by atoms with E-state index in [1.54, 1.807) is 0 Å². The molecule has 2 N–H and O–H groups in total. The molecule has 2 aliphatic rings. The van der Waals surface area contributed by atoms with Crippen LogP contribution in [-0.2, 0) is 0 Å². The summed E-state index contributed by atoms with van der Waals surface area (Å²) >= 11 is 5.19. The number of anilines is 1. The minimum atomic E-state index is 0.438. The van der Waals surface area contributed by atoms with Gasteiger partial charge in [0.15, 0.2) is 0 Å². The zero-order valence-electron chi connectivity index (χ0n) is 12.2. The lowest BCUT2D eigenvalue weighted by Crippen LogP contribution is -2.55. The van der Waals surface area contributed by atoms with Crippen LogP contribution in [-0.4, -0.2) is 46.6 Å². The van der Waals surface area contributed by atoms with E-state index in [2.05, 4.69) is 16.7 Å². The molecule has 0 amide bonds. The predicted octanol–water partition coefficient (Wildman–Crippen LogP) is 1.70. The number of piperazine rings is 1. The van der Waals surface area contributed by atoms with E-state index in [9.17, 15) is 0 Å². The number of fused-ring (bicyclic) bond motifs is 1. The van der Waals surface area contributed by atoms with Crippen molar-refractivity contribution in [3.63, 3.8) is 0 Å². The van der Waals surface area contributed by atoms with Crippen LogP contribution in [0.1, 0.15) is 31.0 Å². The molecule has 108 valence electrons. The third kappa shape index (κ3) is 2.40. The number of thiocarbonyl (C=S) groups is 1. The maximum absolute atomic E-state index is 5.88. The first kappa shape index (κ1) is 13.8. The van der Waals surface area contributed by atoms with Gasteiger partial charge in [-0.15, -0.1) is 0 Å². The predicted molar refractivity (Wildman–Crippen MR) is 86.3 cm³/mol. The van der Waals surface area contributed by atoms with Gasteiger partial charge in [-0.1, -0.05) is 12.2 Å². The minimum absolute atomic E-state index is 0.438. The van der Waals surface area contributed by atoms with Crippen molar-refractivity contribution in [3.05, 3.63) is 23.4 Å². The topological polar surface area (TPSA) is 45.4 Å². The van der Waals surface area contributed by atoms with Gasteiger partial charge < -0.3 is 10.6 Å². The van der Waals surface area contributed by atoms with Gasteiger partial charge in [0.25, 0.3) is 0 Å². The van der Waals surface area contributed by atoms with E-state index in [1.807, 2.05) is 19.1 Å². The highest BCUT2D eigenvalue weighted by atomic mass is 32.1. The second kappa shape index (κ2) is 5.30. The Labute approximate surface area is 126 Å². The van der Waals surface area contributed by atoms with Crippen LogP contribution in [0.4, 0.5) is 5.82 Å². The van der Waals surface area contributed by atoms with Crippen molar-refractivity contribution in [2.45, 2.75) is 38.8 Å². The first-order valence-electron chi connectivity index (χ1n) is 7.34. The molecule has 0 aliphatic carbocycles. The Hall–Kier alpha value is -1.20. The van der Waals surface area contributed by atoms with Gasteiger partial charge in [-0.3, -0.25) is 4.90 Å². The maximum atomic E-state index is 5.88. The van der Waals surface area contributed by atoms with Crippen molar-refractivity contribution in [1.82, 2.24) is 9.88 Å². The molecule has 1 aromatic rings. The van der Waals surface area contributed by atoms with Crippen LogP contribution < -0.4 is 10.6 Å². The van der Waals surface area contributed by atoms with Crippen LogP contribution in [0.25, 0.3) is 0 Å². The van der Waals surface area contributed by atoms with Crippen molar-refractivity contribution < 1.29 is 0 Å². The number of pyridine rings is 1.